The smallest absolute Gasteiger partial charge is 0.251 e. The SMILES string of the molecule is CN(CCCNC(=O)c1ccc(-n2cncn2)cc1)Cc1ccccc1. The van der Waals surface area contributed by atoms with Crippen molar-refractivity contribution in [1.82, 2.24) is 25.0 Å². The normalized spacial score (nSPS) is 10.8. The van der Waals surface area contributed by atoms with E-state index in [1.807, 2.05) is 18.2 Å². The van der Waals surface area contributed by atoms with E-state index in [9.17, 15) is 4.79 Å². The second-order valence-electron chi connectivity index (χ2n) is 6.22. The Balaban J connectivity index is 1.40. The van der Waals surface area contributed by atoms with Crippen molar-refractivity contribution in [2.24, 2.45) is 0 Å². The highest BCUT2D eigenvalue weighted by atomic mass is 16.1. The highest BCUT2D eigenvalue weighted by molar-refractivity contribution is 5.94. The average molecular weight is 349 g/mol. The lowest BCUT2D eigenvalue weighted by atomic mass is 10.2. The van der Waals surface area contributed by atoms with Crippen LogP contribution in [0.5, 0.6) is 0 Å². The summed E-state index contributed by atoms with van der Waals surface area (Å²) >= 11 is 0. The van der Waals surface area contributed by atoms with Crippen molar-refractivity contribution in [3.05, 3.63) is 78.4 Å². The molecule has 1 N–H and O–H groups in total. The Bertz CT molecular complexity index is 800. The van der Waals surface area contributed by atoms with E-state index in [0.717, 1.165) is 25.2 Å². The fourth-order valence-electron chi connectivity index (χ4n) is 2.73. The van der Waals surface area contributed by atoms with Gasteiger partial charge in [0.2, 0.25) is 0 Å². The number of hydrogen-bond acceptors (Lipinski definition) is 4. The van der Waals surface area contributed by atoms with Crippen LogP contribution in [-0.2, 0) is 6.54 Å². The summed E-state index contributed by atoms with van der Waals surface area (Å²) in [6.07, 6.45) is 4.02. The second kappa shape index (κ2) is 8.92. The quantitative estimate of drug-likeness (QED) is 0.635. The molecule has 134 valence electrons. The number of carbonyl (C=O) groups is 1. The number of nitrogens with one attached hydrogen (secondary N) is 1. The molecule has 1 heterocycles. The highest BCUT2D eigenvalue weighted by Crippen LogP contribution is 2.08. The third kappa shape index (κ3) is 5.00. The van der Waals surface area contributed by atoms with Gasteiger partial charge in [0.1, 0.15) is 12.7 Å². The van der Waals surface area contributed by atoms with Crippen LogP contribution in [0.25, 0.3) is 5.69 Å². The minimum absolute atomic E-state index is 0.0548. The number of carbonyl (C=O) groups excluding carboxylic acids is 1. The second-order valence-corrected chi connectivity index (χ2v) is 6.22. The third-order valence-corrected chi connectivity index (χ3v) is 4.11. The molecular weight excluding hydrogens is 326 g/mol. The van der Waals surface area contributed by atoms with E-state index >= 15 is 0 Å². The first-order chi connectivity index (χ1) is 12.7. The summed E-state index contributed by atoms with van der Waals surface area (Å²) in [5.41, 5.74) is 2.82. The van der Waals surface area contributed by atoms with Gasteiger partial charge in [0.25, 0.3) is 5.91 Å². The predicted molar refractivity (Wildman–Crippen MR) is 101 cm³/mol. The molecule has 0 saturated heterocycles. The van der Waals surface area contributed by atoms with Crippen LogP contribution in [0.1, 0.15) is 22.3 Å². The van der Waals surface area contributed by atoms with E-state index in [4.69, 9.17) is 0 Å². The Hall–Kier alpha value is -2.99. The summed E-state index contributed by atoms with van der Waals surface area (Å²) in [5, 5.41) is 7.04. The van der Waals surface area contributed by atoms with Crippen LogP contribution in [0.3, 0.4) is 0 Å². The number of aromatic nitrogens is 3. The van der Waals surface area contributed by atoms with Crippen LogP contribution in [0.4, 0.5) is 0 Å². The lowest BCUT2D eigenvalue weighted by Crippen LogP contribution is -2.28. The lowest BCUT2D eigenvalue weighted by molar-refractivity contribution is 0.0952. The van der Waals surface area contributed by atoms with Crippen molar-refractivity contribution in [3.63, 3.8) is 0 Å². The average Bonchev–Trinajstić information content (AvgIpc) is 3.21. The summed E-state index contributed by atoms with van der Waals surface area (Å²) < 4.78 is 1.66. The molecule has 0 saturated carbocycles. The Kier molecular flexibility index (Phi) is 6.11. The van der Waals surface area contributed by atoms with Crippen molar-refractivity contribution >= 4 is 5.91 Å². The third-order valence-electron chi connectivity index (χ3n) is 4.11. The number of nitrogens with zero attached hydrogens (tertiary/aromatic N) is 4. The Morgan fingerprint density at radius 2 is 1.88 bits per heavy atom. The number of amides is 1. The first-order valence-electron chi connectivity index (χ1n) is 8.68. The zero-order valence-electron chi connectivity index (χ0n) is 14.9. The van der Waals surface area contributed by atoms with Gasteiger partial charge in [0.05, 0.1) is 5.69 Å². The first kappa shape index (κ1) is 17.8. The van der Waals surface area contributed by atoms with Gasteiger partial charge in [-0.3, -0.25) is 4.79 Å². The molecule has 0 radical (unpaired) electrons. The summed E-state index contributed by atoms with van der Waals surface area (Å²) in [6, 6.07) is 17.7. The van der Waals surface area contributed by atoms with Gasteiger partial charge in [-0.25, -0.2) is 9.67 Å². The molecule has 0 bridgehead atoms. The molecule has 0 aliphatic carbocycles. The van der Waals surface area contributed by atoms with E-state index in [1.54, 1.807) is 23.1 Å². The number of rotatable bonds is 8. The van der Waals surface area contributed by atoms with Crippen LogP contribution in [0, 0.1) is 0 Å². The molecule has 1 aromatic heterocycles. The predicted octanol–water partition coefficient (Wildman–Crippen LogP) is 2.52. The van der Waals surface area contributed by atoms with E-state index in [0.29, 0.717) is 12.1 Å². The molecule has 3 aromatic rings. The van der Waals surface area contributed by atoms with Crippen LogP contribution in [0.2, 0.25) is 0 Å². The van der Waals surface area contributed by atoms with Gasteiger partial charge in [-0.1, -0.05) is 30.3 Å². The van der Waals surface area contributed by atoms with Gasteiger partial charge in [-0.05, 0) is 49.8 Å². The Morgan fingerprint density at radius 3 is 2.58 bits per heavy atom. The molecule has 26 heavy (non-hydrogen) atoms. The van der Waals surface area contributed by atoms with Crippen LogP contribution in [0.15, 0.2) is 67.3 Å². The van der Waals surface area contributed by atoms with Crippen LogP contribution >= 0.6 is 0 Å². The van der Waals surface area contributed by atoms with Crippen molar-refractivity contribution in [2.75, 3.05) is 20.1 Å². The summed E-state index contributed by atoms with van der Waals surface area (Å²) in [6.45, 7) is 2.50. The van der Waals surface area contributed by atoms with Gasteiger partial charge in [-0.2, -0.15) is 5.10 Å². The summed E-state index contributed by atoms with van der Waals surface area (Å²) in [4.78, 5) is 18.4. The van der Waals surface area contributed by atoms with Crippen molar-refractivity contribution in [2.45, 2.75) is 13.0 Å². The topological polar surface area (TPSA) is 63.1 Å². The number of benzene rings is 2. The Labute approximate surface area is 153 Å². The molecule has 0 atom stereocenters. The van der Waals surface area contributed by atoms with Gasteiger partial charge in [0.15, 0.2) is 0 Å². The van der Waals surface area contributed by atoms with Crippen LogP contribution < -0.4 is 5.32 Å². The van der Waals surface area contributed by atoms with E-state index in [-0.39, 0.29) is 5.91 Å². The maximum atomic E-state index is 12.2. The lowest BCUT2D eigenvalue weighted by Gasteiger charge is -2.16. The fourth-order valence-corrected chi connectivity index (χ4v) is 2.73. The monoisotopic (exact) mass is 349 g/mol. The molecule has 6 heteroatoms. The summed E-state index contributed by atoms with van der Waals surface area (Å²) in [7, 11) is 2.09. The van der Waals surface area contributed by atoms with E-state index in [2.05, 4.69) is 51.6 Å². The van der Waals surface area contributed by atoms with Gasteiger partial charge >= 0.3 is 0 Å². The maximum Gasteiger partial charge on any atom is 0.251 e. The van der Waals surface area contributed by atoms with Gasteiger partial charge in [0, 0.05) is 18.7 Å². The highest BCUT2D eigenvalue weighted by Gasteiger charge is 2.06. The molecule has 0 unspecified atom stereocenters. The molecule has 2 aromatic carbocycles. The zero-order chi connectivity index (χ0) is 18.2. The van der Waals surface area contributed by atoms with Gasteiger partial charge in [-0.15, -0.1) is 0 Å². The van der Waals surface area contributed by atoms with Crippen LogP contribution in [-0.4, -0.2) is 45.7 Å². The molecule has 0 spiro atoms. The summed E-state index contributed by atoms with van der Waals surface area (Å²) in [5.74, 6) is -0.0548. The van der Waals surface area contributed by atoms with E-state index < -0.39 is 0 Å². The molecule has 1 amide bonds. The minimum Gasteiger partial charge on any atom is -0.352 e. The van der Waals surface area contributed by atoms with Gasteiger partial charge < -0.3 is 10.2 Å². The molecular formula is C20H23N5O. The fraction of sp³-hybridized carbons (Fsp3) is 0.250. The van der Waals surface area contributed by atoms with E-state index in [1.165, 1.54) is 11.9 Å². The molecule has 3 rings (SSSR count). The molecule has 0 aliphatic heterocycles. The van der Waals surface area contributed by atoms with Crippen molar-refractivity contribution < 1.29 is 4.79 Å². The largest absolute Gasteiger partial charge is 0.352 e. The van der Waals surface area contributed by atoms with Crippen molar-refractivity contribution in [1.29, 1.82) is 0 Å². The Morgan fingerprint density at radius 1 is 1.12 bits per heavy atom. The maximum absolute atomic E-state index is 12.2. The number of hydrogen-bond donors (Lipinski definition) is 1. The minimum atomic E-state index is -0.0548. The molecule has 0 aliphatic rings. The molecule has 6 nitrogen and oxygen atoms in total. The zero-order valence-corrected chi connectivity index (χ0v) is 14.9. The standard InChI is InChI=1S/C20H23N5O/c1-24(14-17-6-3-2-4-7-17)13-5-12-22-20(26)18-8-10-19(11-9-18)25-16-21-15-23-25/h2-4,6-11,15-16H,5,12-14H2,1H3,(H,22,26). The first-order valence-corrected chi connectivity index (χ1v) is 8.68. The van der Waals surface area contributed by atoms with Crippen molar-refractivity contribution in [3.8, 4) is 5.69 Å². The molecule has 0 fully saturated rings.